The summed E-state index contributed by atoms with van der Waals surface area (Å²) in [7, 11) is -3.85. The van der Waals surface area contributed by atoms with Crippen LogP contribution in [-0.2, 0) is 27.8 Å². The fraction of sp³-hybridized carbons (Fsp3) is 0.174. The Hall–Kier alpha value is -2.54. The van der Waals surface area contributed by atoms with Crippen LogP contribution in [0, 0.1) is 0 Å². The van der Waals surface area contributed by atoms with Gasteiger partial charge in [0.25, 0.3) is 10.0 Å². The maximum atomic E-state index is 13.4. The predicted molar refractivity (Wildman–Crippen MR) is 121 cm³/mol. The molecule has 3 aromatic carbocycles. The lowest BCUT2D eigenvalue weighted by atomic mass is 10.1. The Labute approximate surface area is 191 Å². The summed E-state index contributed by atoms with van der Waals surface area (Å²) in [4.78, 5) is 12.6. The van der Waals surface area contributed by atoms with Crippen LogP contribution in [0.25, 0.3) is 0 Å². The lowest BCUT2D eigenvalue weighted by Crippen LogP contribution is -2.35. The number of carbonyl (C=O) groups excluding carboxylic acids is 1. The molecule has 8 heteroatoms. The van der Waals surface area contributed by atoms with Gasteiger partial charge in [-0.25, -0.2) is 13.2 Å². The summed E-state index contributed by atoms with van der Waals surface area (Å²) in [6.45, 7) is 1.74. The number of halogens is 2. The largest absolute Gasteiger partial charge is 0.457 e. The van der Waals surface area contributed by atoms with E-state index in [0.717, 1.165) is 5.56 Å². The summed E-state index contributed by atoms with van der Waals surface area (Å²) in [5.74, 6) is -0.664. The summed E-state index contributed by atoms with van der Waals surface area (Å²) >= 11 is 12.2. The Bertz CT molecular complexity index is 1240. The van der Waals surface area contributed by atoms with Crippen LogP contribution in [0.5, 0.6) is 0 Å². The summed E-state index contributed by atoms with van der Waals surface area (Å²) in [6, 6.07) is 18.0. The van der Waals surface area contributed by atoms with E-state index in [0.29, 0.717) is 27.7 Å². The molecule has 0 N–H and O–H groups in total. The molecule has 31 heavy (non-hydrogen) atoms. The van der Waals surface area contributed by atoms with Crippen LogP contribution < -0.4 is 4.31 Å². The molecule has 1 aliphatic rings. The number of benzene rings is 3. The van der Waals surface area contributed by atoms with Crippen molar-refractivity contribution in [3.8, 4) is 0 Å². The lowest BCUT2D eigenvalue weighted by molar-refractivity contribution is 0.0472. The molecule has 1 aliphatic heterocycles. The minimum absolute atomic E-state index is 0.0290. The van der Waals surface area contributed by atoms with Crippen LogP contribution in [0.3, 0.4) is 0 Å². The molecule has 0 spiro atoms. The van der Waals surface area contributed by atoms with Crippen LogP contribution in [0.15, 0.2) is 71.6 Å². The average Bonchev–Trinajstić information content (AvgIpc) is 3.09. The molecule has 1 heterocycles. The molecular formula is C23H19Cl2NO4S. The highest BCUT2D eigenvalue weighted by atomic mass is 35.5. The molecule has 0 amide bonds. The number of carbonyl (C=O) groups is 1. The van der Waals surface area contributed by atoms with E-state index in [1.165, 1.54) is 28.6 Å². The molecule has 0 saturated heterocycles. The van der Waals surface area contributed by atoms with Crippen LogP contribution in [0.1, 0.15) is 28.4 Å². The molecule has 0 fully saturated rings. The van der Waals surface area contributed by atoms with Crippen molar-refractivity contribution in [3.05, 3.63) is 93.5 Å². The first kappa shape index (κ1) is 21.7. The number of para-hydroxylation sites is 1. The Morgan fingerprint density at radius 2 is 1.71 bits per heavy atom. The minimum atomic E-state index is -3.85. The van der Waals surface area contributed by atoms with Gasteiger partial charge in [-0.2, -0.15) is 0 Å². The lowest BCUT2D eigenvalue weighted by Gasteiger charge is -2.24. The van der Waals surface area contributed by atoms with Crippen molar-refractivity contribution >= 4 is 44.9 Å². The van der Waals surface area contributed by atoms with Crippen LogP contribution in [0.4, 0.5) is 5.69 Å². The fourth-order valence-electron chi connectivity index (χ4n) is 3.69. The molecule has 0 saturated carbocycles. The minimum Gasteiger partial charge on any atom is -0.457 e. The SMILES string of the molecule is C[C@@H]1Cc2ccccc2N1S(=O)(=O)c1cccc(C(=O)OCc2c(Cl)cccc2Cl)c1. The number of rotatable bonds is 5. The molecule has 1 atom stereocenters. The Kier molecular flexibility index (Phi) is 5.97. The van der Waals surface area contributed by atoms with Crippen molar-refractivity contribution in [2.45, 2.75) is 30.9 Å². The Morgan fingerprint density at radius 1 is 1.03 bits per heavy atom. The van der Waals surface area contributed by atoms with Gasteiger partial charge in [0.15, 0.2) is 0 Å². The normalized spacial score (nSPS) is 15.6. The van der Waals surface area contributed by atoms with E-state index in [2.05, 4.69) is 0 Å². The molecular weight excluding hydrogens is 457 g/mol. The first-order valence-corrected chi connectivity index (χ1v) is 11.8. The molecule has 0 bridgehead atoms. The zero-order valence-corrected chi connectivity index (χ0v) is 18.9. The van der Waals surface area contributed by atoms with Crippen molar-refractivity contribution < 1.29 is 17.9 Å². The van der Waals surface area contributed by atoms with Gasteiger partial charge in [0.2, 0.25) is 0 Å². The standard InChI is InChI=1S/C23H19Cl2NO4S/c1-15-12-16-6-2-3-11-22(16)26(15)31(28,29)18-8-4-7-17(13-18)23(27)30-14-19-20(24)9-5-10-21(19)25/h2-11,13,15H,12,14H2,1H3/t15-/m1/s1. The van der Waals surface area contributed by atoms with Crippen LogP contribution >= 0.6 is 23.2 Å². The Balaban J connectivity index is 1.59. The summed E-state index contributed by atoms with van der Waals surface area (Å²) in [6.07, 6.45) is 0.635. The molecule has 0 radical (unpaired) electrons. The monoisotopic (exact) mass is 475 g/mol. The summed E-state index contributed by atoms with van der Waals surface area (Å²) in [5, 5.41) is 0.775. The van der Waals surface area contributed by atoms with E-state index in [-0.39, 0.29) is 23.1 Å². The third-order valence-corrected chi connectivity index (χ3v) is 7.81. The number of fused-ring (bicyclic) bond motifs is 1. The third-order valence-electron chi connectivity index (χ3n) is 5.18. The molecule has 0 unspecified atom stereocenters. The highest BCUT2D eigenvalue weighted by Crippen LogP contribution is 2.36. The van der Waals surface area contributed by atoms with Gasteiger partial charge in [0, 0.05) is 21.7 Å². The second-order valence-electron chi connectivity index (χ2n) is 7.29. The number of hydrogen-bond acceptors (Lipinski definition) is 4. The first-order chi connectivity index (χ1) is 14.8. The quantitative estimate of drug-likeness (QED) is 0.457. The highest BCUT2D eigenvalue weighted by Gasteiger charge is 2.36. The number of anilines is 1. The number of esters is 1. The van der Waals surface area contributed by atoms with Crippen LogP contribution in [-0.4, -0.2) is 20.4 Å². The fourth-order valence-corrected chi connectivity index (χ4v) is 5.94. The van der Waals surface area contributed by atoms with Crippen molar-refractivity contribution in [2.24, 2.45) is 0 Å². The number of sulfonamides is 1. The second kappa shape index (κ2) is 8.54. The maximum absolute atomic E-state index is 13.4. The molecule has 3 aromatic rings. The van der Waals surface area contributed by atoms with Gasteiger partial charge >= 0.3 is 5.97 Å². The number of ether oxygens (including phenoxy) is 1. The molecule has 5 nitrogen and oxygen atoms in total. The van der Waals surface area contributed by atoms with Gasteiger partial charge in [0.1, 0.15) is 6.61 Å². The van der Waals surface area contributed by atoms with Gasteiger partial charge in [-0.1, -0.05) is 53.5 Å². The predicted octanol–water partition coefficient (Wildman–Crippen LogP) is 5.49. The third kappa shape index (κ3) is 4.15. The summed E-state index contributed by atoms with van der Waals surface area (Å²) in [5.41, 5.74) is 2.26. The number of nitrogens with zero attached hydrogens (tertiary/aromatic N) is 1. The smallest absolute Gasteiger partial charge is 0.338 e. The zero-order chi connectivity index (χ0) is 22.2. The van der Waals surface area contributed by atoms with Crippen molar-refractivity contribution in [1.82, 2.24) is 0 Å². The second-order valence-corrected chi connectivity index (χ2v) is 9.92. The average molecular weight is 476 g/mol. The molecule has 160 valence electrons. The van der Waals surface area contributed by atoms with E-state index < -0.39 is 16.0 Å². The molecule has 4 rings (SSSR count). The van der Waals surface area contributed by atoms with Gasteiger partial charge < -0.3 is 4.74 Å². The van der Waals surface area contributed by atoms with Crippen molar-refractivity contribution in [3.63, 3.8) is 0 Å². The topological polar surface area (TPSA) is 63.7 Å². The summed E-state index contributed by atoms with van der Waals surface area (Å²) < 4.78 is 33.5. The zero-order valence-electron chi connectivity index (χ0n) is 16.6. The Morgan fingerprint density at radius 3 is 2.45 bits per heavy atom. The maximum Gasteiger partial charge on any atom is 0.338 e. The van der Waals surface area contributed by atoms with E-state index in [1.807, 2.05) is 25.1 Å². The highest BCUT2D eigenvalue weighted by molar-refractivity contribution is 7.92. The van der Waals surface area contributed by atoms with E-state index in [9.17, 15) is 13.2 Å². The van der Waals surface area contributed by atoms with Crippen LogP contribution in [0.2, 0.25) is 10.0 Å². The van der Waals surface area contributed by atoms with Gasteiger partial charge in [-0.05, 0) is 55.3 Å². The van der Waals surface area contributed by atoms with Gasteiger partial charge in [0.05, 0.1) is 16.1 Å². The molecule has 0 aliphatic carbocycles. The first-order valence-electron chi connectivity index (χ1n) is 9.61. The van der Waals surface area contributed by atoms with Crippen molar-refractivity contribution in [2.75, 3.05) is 4.31 Å². The van der Waals surface area contributed by atoms with E-state index in [1.54, 1.807) is 24.3 Å². The molecule has 0 aromatic heterocycles. The van der Waals surface area contributed by atoms with Gasteiger partial charge in [-0.15, -0.1) is 0 Å². The van der Waals surface area contributed by atoms with E-state index >= 15 is 0 Å². The van der Waals surface area contributed by atoms with Gasteiger partial charge in [-0.3, -0.25) is 4.31 Å². The number of hydrogen-bond donors (Lipinski definition) is 0. The van der Waals surface area contributed by atoms with E-state index in [4.69, 9.17) is 27.9 Å². The van der Waals surface area contributed by atoms with Crippen molar-refractivity contribution in [1.29, 1.82) is 0 Å².